The fraction of sp³-hybridized carbons (Fsp3) is 0.286. The predicted molar refractivity (Wildman–Crippen MR) is 50.5 cm³/mol. The van der Waals surface area contributed by atoms with Crippen LogP contribution >= 0.6 is 0 Å². The van der Waals surface area contributed by atoms with Gasteiger partial charge in [-0.25, -0.2) is 9.52 Å². The number of furan rings is 1. The summed E-state index contributed by atoms with van der Waals surface area (Å²) in [6.07, 6.45) is 0. The molecule has 0 spiro atoms. The highest BCUT2D eigenvalue weighted by Crippen LogP contribution is 2.07. The summed E-state index contributed by atoms with van der Waals surface area (Å²) in [5.74, 6) is -1.20. The van der Waals surface area contributed by atoms with E-state index in [1.165, 1.54) is 19.2 Å². The molecule has 84 valence electrons. The molecule has 0 bridgehead atoms. The molecular formula is C7H10N2O5S. The highest BCUT2D eigenvalue weighted by Gasteiger charge is 2.11. The van der Waals surface area contributed by atoms with E-state index in [1.54, 1.807) is 0 Å². The molecule has 0 saturated heterocycles. The lowest BCUT2D eigenvalue weighted by Gasteiger charge is -2.01. The van der Waals surface area contributed by atoms with E-state index in [2.05, 4.69) is 4.72 Å². The van der Waals surface area contributed by atoms with Gasteiger partial charge < -0.3 is 9.52 Å². The lowest BCUT2D eigenvalue weighted by Crippen LogP contribution is -2.33. The van der Waals surface area contributed by atoms with Gasteiger partial charge in [-0.15, -0.1) is 0 Å². The van der Waals surface area contributed by atoms with Crippen LogP contribution in [0.4, 0.5) is 0 Å². The molecule has 8 heteroatoms. The molecule has 0 fully saturated rings. The molecule has 0 amide bonds. The summed E-state index contributed by atoms with van der Waals surface area (Å²) in [4.78, 5) is 10.4. The molecule has 0 aromatic carbocycles. The summed E-state index contributed by atoms with van der Waals surface area (Å²) >= 11 is 0. The minimum absolute atomic E-state index is 0.101. The lowest BCUT2D eigenvalue weighted by molar-refractivity contribution is 0.0660. The summed E-state index contributed by atoms with van der Waals surface area (Å²) in [5, 5.41) is 8.53. The SMILES string of the molecule is CNS(=O)(=O)NCc1ccc(C(=O)O)o1. The van der Waals surface area contributed by atoms with Crippen molar-refractivity contribution < 1.29 is 22.7 Å². The second kappa shape index (κ2) is 4.43. The van der Waals surface area contributed by atoms with Gasteiger partial charge in [0, 0.05) is 7.05 Å². The van der Waals surface area contributed by atoms with Crippen LogP contribution in [0.15, 0.2) is 16.5 Å². The number of carboxylic acid groups (broad SMARTS) is 1. The fourth-order valence-electron chi connectivity index (χ4n) is 0.826. The van der Waals surface area contributed by atoms with Gasteiger partial charge in [-0.2, -0.15) is 13.1 Å². The maximum Gasteiger partial charge on any atom is 0.371 e. The zero-order valence-corrected chi connectivity index (χ0v) is 8.67. The van der Waals surface area contributed by atoms with Crippen LogP contribution < -0.4 is 9.44 Å². The lowest BCUT2D eigenvalue weighted by atomic mass is 10.4. The molecule has 1 aromatic heterocycles. The number of carbonyl (C=O) groups is 1. The molecule has 0 atom stereocenters. The first-order chi connectivity index (χ1) is 6.94. The Hall–Kier alpha value is -1.38. The van der Waals surface area contributed by atoms with Gasteiger partial charge in [0.15, 0.2) is 0 Å². The third-order valence-electron chi connectivity index (χ3n) is 1.58. The number of rotatable bonds is 5. The van der Waals surface area contributed by atoms with Crippen LogP contribution in [0.1, 0.15) is 16.3 Å². The number of aromatic carboxylic acids is 1. The summed E-state index contributed by atoms with van der Waals surface area (Å²) in [5.41, 5.74) is 0. The Kier molecular flexibility index (Phi) is 3.45. The van der Waals surface area contributed by atoms with Crippen molar-refractivity contribution in [1.82, 2.24) is 9.44 Å². The Morgan fingerprint density at radius 3 is 2.67 bits per heavy atom. The monoisotopic (exact) mass is 234 g/mol. The fourth-order valence-corrected chi connectivity index (χ4v) is 1.30. The van der Waals surface area contributed by atoms with Crippen LogP contribution in [0.25, 0.3) is 0 Å². The average molecular weight is 234 g/mol. The van der Waals surface area contributed by atoms with Crippen LogP contribution in [-0.4, -0.2) is 26.5 Å². The van der Waals surface area contributed by atoms with Crippen LogP contribution in [-0.2, 0) is 16.8 Å². The first-order valence-corrected chi connectivity index (χ1v) is 5.43. The average Bonchev–Trinajstić information content (AvgIpc) is 2.63. The summed E-state index contributed by atoms with van der Waals surface area (Å²) in [7, 11) is -2.28. The second-order valence-corrected chi connectivity index (χ2v) is 4.30. The van der Waals surface area contributed by atoms with Gasteiger partial charge >= 0.3 is 5.97 Å². The molecule has 7 nitrogen and oxygen atoms in total. The van der Waals surface area contributed by atoms with Gasteiger partial charge in [0.05, 0.1) is 6.54 Å². The van der Waals surface area contributed by atoms with Gasteiger partial charge in [-0.05, 0) is 12.1 Å². The molecule has 1 rings (SSSR count). The molecule has 15 heavy (non-hydrogen) atoms. The molecule has 1 heterocycles. The van der Waals surface area contributed by atoms with E-state index in [9.17, 15) is 13.2 Å². The molecule has 0 aliphatic carbocycles. The van der Waals surface area contributed by atoms with Crippen molar-refractivity contribution in [2.45, 2.75) is 6.54 Å². The van der Waals surface area contributed by atoms with Crippen molar-refractivity contribution in [1.29, 1.82) is 0 Å². The molecule has 0 unspecified atom stereocenters. The number of carboxylic acids is 1. The van der Waals surface area contributed by atoms with E-state index in [4.69, 9.17) is 9.52 Å². The van der Waals surface area contributed by atoms with Gasteiger partial charge in [0.2, 0.25) is 5.76 Å². The van der Waals surface area contributed by atoms with E-state index >= 15 is 0 Å². The highest BCUT2D eigenvalue weighted by atomic mass is 32.2. The maximum absolute atomic E-state index is 10.9. The van der Waals surface area contributed by atoms with Gasteiger partial charge in [-0.1, -0.05) is 0 Å². The third-order valence-corrected chi connectivity index (χ3v) is 2.64. The van der Waals surface area contributed by atoms with E-state index in [1.807, 2.05) is 4.72 Å². The van der Waals surface area contributed by atoms with Crippen LogP contribution in [0.2, 0.25) is 0 Å². The number of nitrogens with one attached hydrogen (secondary N) is 2. The quantitative estimate of drug-likeness (QED) is 0.638. The minimum atomic E-state index is -3.54. The number of hydrogen-bond donors (Lipinski definition) is 3. The first-order valence-electron chi connectivity index (χ1n) is 3.95. The van der Waals surface area contributed by atoms with Crippen molar-refractivity contribution in [3.05, 3.63) is 23.7 Å². The Balaban J connectivity index is 2.63. The number of hydrogen-bond acceptors (Lipinski definition) is 4. The maximum atomic E-state index is 10.9. The molecule has 0 radical (unpaired) electrons. The van der Waals surface area contributed by atoms with E-state index < -0.39 is 16.2 Å². The Morgan fingerprint density at radius 2 is 2.20 bits per heavy atom. The smallest absolute Gasteiger partial charge is 0.371 e. The topological polar surface area (TPSA) is 109 Å². The van der Waals surface area contributed by atoms with Crippen LogP contribution in [0.3, 0.4) is 0 Å². The van der Waals surface area contributed by atoms with E-state index in [0.717, 1.165) is 0 Å². The van der Waals surface area contributed by atoms with Crippen molar-refractivity contribution in [2.75, 3.05) is 7.05 Å². The Labute approximate surface area is 86.3 Å². The third kappa shape index (κ3) is 3.35. The van der Waals surface area contributed by atoms with Crippen molar-refractivity contribution in [3.8, 4) is 0 Å². The van der Waals surface area contributed by atoms with Crippen molar-refractivity contribution in [2.24, 2.45) is 0 Å². The zero-order chi connectivity index (χ0) is 11.5. The van der Waals surface area contributed by atoms with Gasteiger partial charge in [-0.3, -0.25) is 0 Å². The summed E-state index contributed by atoms with van der Waals surface area (Å²) in [6, 6.07) is 2.65. The van der Waals surface area contributed by atoms with Gasteiger partial charge in [0.1, 0.15) is 5.76 Å². The molecule has 0 aliphatic rings. The summed E-state index contributed by atoms with van der Waals surface area (Å²) < 4.78 is 30.9. The molecule has 0 aliphatic heterocycles. The predicted octanol–water partition coefficient (Wildman–Crippen LogP) is -0.468. The van der Waals surface area contributed by atoms with E-state index in [-0.39, 0.29) is 18.1 Å². The van der Waals surface area contributed by atoms with Gasteiger partial charge in [0.25, 0.3) is 10.2 Å². The largest absolute Gasteiger partial charge is 0.475 e. The zero-order valence-electron chi connectivity index (χ0n) is 7.85. The molecular weight excluding hydrogens is 224 g/mol. The Bertz CT molecular complexity index is 450. The molecule has 3 N–H and O–H groups in total. The van der Waals surface area contributed by atoms with E-state index in [0.29, 0.717) is 0 Å². The minimum Gasteiger partial charge on any atom is -0.475 e. The second-order valence-electron chi connectivity index (χ2n) is 2.60. The normalized spacial score (nSPS) is 11.5. The Morgan fingerprint density at radius 1 is 1.53 bits per heavy atom. The molecule has 0 saturated carbocycles. The van der Waals surface area contributed by atoms with Crippen LogP contribution in [0, 0.1) is 0 Å². The molecule has 1 aromatic rings. The first kappa shape index (κ1) is 11.7. The highest BCUT2D eigenvalue weighted by molar-refractivity contribution is 7.87. The summed E-state index contributed by atoms with van der Waals surface area (Å²) in [6.45, 7) is -0.101. The standard InChI is InChI=1S/C7H10N2O5S/c1-8-15(12,13)9-4-5-2-3-6(14-5)7(10)11/h2-3,8-9H,4H2,1H3,(H,10,11). The van der Waals surface area contributed by atoms with Crippen LogP contribution in [0.5, 0.6) is 0 Å². The van der Waals surface area contributed by atoms with Crippen molar-refractivity contribution >= 4 is 16.2 Å². The van der Waals surface area contributed by atoms with Crippen molar-refractivity contribution in [3.63, 3.8) is 0 Å².